The Balaban J connectivity index is 1.46. The van der Waals surface area contributed by atoms with E-state index in [1.54, 1.807) is 23.1 Å². The number of carbonyl (C=O) groups excluding carboxylic acids is 2. The lowest BCUT2D eigenvalue weighted by Gasteiger charge is -2.35. The van der Waals surface area contributed by atoms with Crippen LogP contribution >= 0.6 is 0 Å². The van der Waals surface area contributed by atoms with E-state index in [0.29, 0.717) is 30.3 Å². The van der Waals surface area contributed by atoms with Crippen LogP contribution in [0.1, 0.15) is 52.7 Å². The zero-order chi connectivity index (χ0) is 24.6. The summed E-state index contributed by atoms with van der Waals surface area (Å²) in [4.78, 5) is 34.0. The molecule has 0 bridgehead atoms. The first-order chi connectivity index (χ1) is 16.1. The van der Waals surface area contributed by atoms with Gasteiger partial charge in [0.05, 0.1) is 7.11 Å². The summed E-state index contributed by atoms with van der Waals surface area (Å²) in [5, 5.41) is 3.09. The van der Waals surface area contributed by atoms with Gasteiger partial charge in [-0.05, 0) is 42.9 Å². The summed E-state index contributed by atoms with van der Waals surface area (Å²) in [7, 11) is 1.12. The molecule has 0 spiro atoms. The van der Waals surface area contributed by atoms with Crippen molar-refractivity contribution in [3.63, 3.8) is 0 Å². The van der Waals surface area contributed by atoms with Gasteiger partial charge in [0, 0.05) is 36.0 Å². The molecular weight excluding hydrogens is 451 g/mol. The van der Waals surface area contributed by atoms with E-state index in [4.69, 9.17) is 10.5 Å². The highest BCUT2D eigenvalue weighted by Gasteiger charge is 2.38. The topological polar surface area (TPSA) is 110 Å². The highest BCUT2D eigenvalue weighted by atomic mass is 19.4. The molecule has 11 heteroatoms. The number of fused-ring (bicyclic) bond motifs is 1. The van der Waals surface area contributed by atoms with Crippen LogP contribution in [0.15, 0.2) is 31.0 Å². The summed E-state index contributed by atoms with van der Waals surface area (Å²) in [6.45, 7) is 4.12. The number of primary amides is 1. The second-order valence-corrected chi connectivity index (χ2v) is 8.42. The van der Waals surface area contributed by atoms with E-state index < -0.39 is 23.5 Å². The first-order valence-corrected chi connectivity index (χ1v) is 10.8. The van der Waals surface area contributed by atoms with Crippen molar-refractivity contribution in [3.05, 3.63) is 53.2 Å². The van der Waals surface area contributed by atoms with Crippen molar-refractivity contribution in [3.8, 4) is 5.88 Å². The molecule has 34 heavy (non-hydrogen) atoms. The van der Waals surface area contributed by atoms with Crippen LogP contribution in [0.4, 0.5) is 19.1 Å². The van der Waals surface area contributed by atoms with Crippen molar-refractivity contribution in [2.45, 2.75) is 50.5 Å². The van der Waals surface area contributed by atoms with Gasteiger partial charge in [0.25, 0.3) is 5.91 Å². The van der Waals surface area contributed by atoms with E-state index >= 15 is 0 Å². The summed E-state index contributed by atoms with van der Waals surface area (Å²) in [6.07, 6.45) is -0.935. The number of rotatable bonds is 6. The molecule has 1 aliphatic carbocycles. The number of anilines is 1. The van der Waals surface area contributed by atoms with Gasteiger partial charge in [-0.15, -0.1) is 0 Å². The van der Waals surface area contributed by atoms with E-state index in [1.807, 2.05) is 0 Å². The number of halogens is 3. The number of hydrogen-bond donors (Lipinski definition) is 2. The molecule has 1 aromatic carbocycles. The monoisotopic (exact) mass is 475 g/mol. The second kappa shape index (κ2) is 8.96. The number of nitrogens with two attached hydrogens (primary N) is 1. The Morgan fingerprint density at radius 1 is 1.32 bits per heavy atom. The molecular formula is C23H24F3N5O3. The first kappa shape index (κ1) is 23.5. The van der Waals surface area contributed by atoms with Gasteiger partial charge < -0.3 is 20.7 Å². The Kier molecular flexibility index (Phi) is 6.20. The minimum Gasteiger partial charge on any atom is -0.480 e. The number of nitrogens with one attached hydrogen (secondary N) is 1. The van der Waals surface area contributed by atoms with Crippen molar-refractivity contribution >= 4 is 23.3 Å². The molecule has 8 nitrogen and oxygen atoms in total. The predicted molar refractivity (Wildman–Crippen MR) is 118 cm³/mol. The summed E-state index contributed by atoms with van der Waals surface area (Å²) in [5.41, 5.74) is 6.29. The van der Waals surface area contributed by atoms with Gasteiger partial charge in [-0.1, -0.05) is 18.7 Å². The lowest BCUT2D eigenvalue weighted by Crippen LogP contribution is -2.42. The number of carbonyl (C=O) groups is 2. The van der Waals surface area contributed by atoms with Gasteiger partial charge in [-0.3, -0.25) is 9.59 Å². The Morgan fingerprint density at radius 2 is 2.09 bits per heavy atom. The third kappa shape index (κ3) is 4.55. The minimum absolute atomic E-state index is 0.0427. The zero-order valence-corrected chi connectivity index (χ0v) is 18.5. The van der Waals surface area contributed by atoms with Crippen molar-refractivity contribution in [1.29, 1.82) is 0 Å². The number of aromatic nitrogens is 2. The number of hydrogen-bond acceptors (Lipinski definition) is 6. The minimum atomic E-state index is -4.62. The van der Waals surface area contributed by atoms with Gasteiger partial charge in [0.2, 0.25) is 17.7 Å². The van der Waals surface area contributed by atoms with Crippen LogP contribution in [0, 0.1) is 0 Å². The maximum Gasteiger partial charge on any atom is 0.423 e. The Hall–Kier alpha value is -3.63. The summed E-state index contributed by atoms with van der Waals surface area (Å²) in [6, 6.07) is 4.99. The van der Waals surface area contributed by atoms with Crippen molar-refractivity contribution in [2.24, 2.45) is 5.73 Å². The van der Waals surface area contributed by atoms with Gasteiger partial charge in [0.15, 0.2) is 0 Å². The molecule has 1 aromatic heterocycles. The van der Waals surface area contributed by atoms with Crippen LogP contribution in [-0.2, 0) is 17.5 Å². The molecule has 3 N–H and O–H groups in total. The molecule has 0 radical (unpaired) electrons. The Bertz CT molecular complexity index is 1150. The number of benzene rings is 1. The second-order valence-electron chi connectivity index (χ2n) is 8.42. The van der Waals surface area contributed by atoms with Crippen LogP contribution in [0.3, 0.4) is 0 Å². The van der Waals surface area contributed by atoms with E-state index in [2.05, 4.69) is 21.9 Å². The lowest BCUT2D eigenvalue weighted by molar-refractivity contribution is -0.139. The van der Waals surface area contributed by atoms with Gasteiger partial charge in [-0.25, -0.2) is 4.98 Å². The number of amides is 2. The molecule has 2 aliphatic rings. The molecule has 2 aromatic rings. The number of alkyl halides is 3. The maximum absolute atomic E-state index is 13.1. The lowest BCUT2D eigenvalue weighted by atomic mass is 9.90. The Labute approximate surface area is 194 Å². The van der Waals surface area contributed by atoms with Crippen molar-refractivity contribution in [2.75, 3.05) is 12.4 Å². The van der Waals surface area contributed by atoms with Crippen LogP contribution in [0.5, 0.6) is 5.88 Å². The van der Waals surface area contributed by atoms with E-state index in [0.717, 1.165) is 31.9 Å². The van der Waals surface area contributed by atoms with Crippen molar-refractivity contribution < 1.29 is 27.5 Å². The van der Waals surface area contributed by atoms with E-state index in [-0.39, 0.29) is 29.5 Å². The molecule has 4 rings (SSSR count). The summed E-state index contributed by atoms with van der Waals surface area (Å²) < 4.78 is 44.0. The Morgan fingerprint density at radius 3 is 2.76 bits per heavy atom. The fourth-order valence-corrected chi connectivity index (χ4v) is 4.49. The fraction of sp³-hybridized carbons (Fsp3) is 0.391. The fourth-order valence-electron chi connectivity index (χ4n) is 4.49. The molecule has 180 valence electrons. The maximum atomic E-state index is 13.1. The summed E-state index contributed by atoms with van der Waals surface area (Å²) in [5.74, 6) is -1.28. The van der Waals surface area contributed by atoms with E-state index in [9.17, 15) is 22.8 Å². The van der Waals surface area contributed by atoms with Crippen LogP contribution in [0.2, 0.25) is 0 Å². The van der Waals surface area contributed by atoms with Gasteiger partial charge >= 0.3 is 6.18 Å². The molecule has 0 saturated heterocycles. The quantitative estimate of drug-likeness (QED) is 0.620. The largest absolute Gasteiger partial charge is 0.480 e. The highest BCUT2D eigenvalue weighted by Crippen LogP contribution is 2.36. The van der Waals surface area contributed by atoms with Crippen LogP contribution in [-0.4, -0.2) is 45.9 Å². The van der Waals surface area contributed by atoms with Crippen LogP contribution < -0.4 is 15.8 Å². The molecule has 2 heterocycles. The SMILES string of the molecule is C=C(C(N)=O)c1ccc2c(c1)C(=O)N([C@H]1CCC[C@@H](Nc3ncc(C(F)(F)F)c(OC)n3)C1)C2. The zero-order valence-electron chi connectivity index (χ0n) is 18.5. The normalized spacial score (nSPS) is 20.1. The average Bonchev–Trinajstić information content (AvgIpc) is 3.13. The molecule has 1 fully saturated rings. The standard InChI is InChI=1S/C23H24F3N5O3/c1-12(19(27)32)13-6-7-14-11-31(21(33)17(14)8-13)16-5-3-4-15(9-16)29-22-28-10-18(23(24,25)26)20(30-22)34-2/h6-8,10,15-16H,1,3-5,9,11H2,2H3,(H2,27,32)(H,28,29,30)/t15-,16+/m1/s1. The molecule has 1 aliphatic heterocycles. The third-order valence-corrected chi connectivity index (χ3v) is 6.26. The number of methoxy groups -OCH3 is 1. The van der Waals surface area contributed by atoms with Gasteiger partial charge in [-0.2, -0.15) is 18.2 Å². The van der Waals surface area contributed by atoms with Gasteiger partial charge in [0.1, 0.15) is 5.56 Å². The average molecular weight is 475 g/mol. The van der Waals surface area contributed by atoms with Crippen molar-refractivity contribution in [1.82, 2.24) is 14.9 Å². The molecule has 0 unspecified atom stereocenters. The van der Waals surface area contributed by atoms with Crippen LogP contribution in [0.25, 0.3) is 5.57 Å². The van der Waals surface area contributed by atoms with E-state index in [1.165, 1.54) is 0 Å². The number of ether oxygens (including phenoxy) is 1. The third-order valence-electron chi connectivity index (χ3n) is 6.26. The summed E-state index contributed by atoms with van der Waals surface area (Å²) >= 11 is 0. The highest BCUT2D eigenvalue weighted by molar-refractivity contribution is 6.18. The predicted octanol–water partition coefficient (Wildman–Crippen LogP) is 3.38. The molecule has 1 saturated carbocycles. The smallest absolute Gasteiger partial charge is 0.423 e. The molecule has 2 amide bonds. The first-order valence-electron chi connectivity index (χ1n) is 10.8. The molecule has 2 atom stereocenters. The number of nitrogens with zero attached hydrogens (tertiary/aromatic N) is 3.